The van der Waals surface area contributed by atoms with Gasteiger partial charge in [0.25, 0.3) is 0 Å². The summed E-state index contributed by atoms with van der Waals surface area (Å²) in [6, 6.07) is 13.4. The molecule has 0 aromatic heterocycles. The molecule has 8 heteroatoms. The highest BCUT2D eigenvalue weighted by molar-refractivity contribution is 7.89. The Labute approximate surface area is 152 Å². The number of benzene rings is 2. The fraction of sp³-hybridized carbons (Fsp3) is 0.222. The third kappa shape index (κ3) is 3.92. The van der Waals surface area contributed by atoms with Crippen molar-refractivity contribution < 1.29 is 18.0 Å². The maximum atomic E-state index is 12.4. The van der Waals surface area contributed by atoms with Gasteiger partial charge in [0.15, 0.2) is 0 Å². The van der Waals surface area contributed by atoms with Gasteiger partial charge in [-0.15, -0.1) is 0 Å². The summed E-state index contributed by atoms with van der Waals surface area (Å²) in [4.78, 5) is 25.2. The lowest BCUT2D eigenvalue weighted by Gasteiger charge is -2.15. The van der Waals surface area contributed by atoms with Crippen molar-refractivity contribution in [3.8, 4) is 0 Å². The molecule has 0 radical (unpaired) electrons. The van der Waals surface area contributed by atoms with E-state index >= 15 is 0 Å². The second-order valence-electron chi connectivity index (χ2n) is 5.95. The lowest BCUT2D eigenvalue weighted by atomic mass is 10.2. The number of carbonyl (C=O) groups is 2. The number of para-hydroxylation sites is 1. The van der Waals surface area contributed by atoms with Crippen LogP contribution in [0.15, 0.2) is 53.4 Å². The van der Waals surface area contributed by atoms with E-state index in [0.29, 0.717) is 18.7 Å². The van der Waals surface area contributed by atoms with Crippen molar-refractivity contribution in [2.24, 2.45) is 0 Å². The predicted octanol–water partition coefficient (Wildman–Crippen LogP) is 1.51. The van der Waals surface area contributed by atoms with E-state index < -0.39 is 15.9 Å². The summed E-state index contributed by atoms with van der Waals surface area (Å²) < 4.78 is 27.2. The minimum Gasteiger partial charge on any atom is -0.325 e. The van der Waals surface area contributed by atoms with Crippen LogP contribution in [0.4, 0.5) is 11.4 Å². The Balaban J connectivity index is 1.67. The number of nitrogens with zero attached hydrogens (tertiary/aromatic N) is 1. The molecule has 7 nitrogen and oxygen atoms in total. The van der Waals surface area contributed by atoms with Crippen molar-refractivity contribution in [3.05, 3.63) is 54.1 Å². The van der Waals surface area contributed by atoms with Crippen LogP contribution in [0.5, 0.6) is 0 Å². The van der Waals surface area contributed by atoms with Crippen LogP contribution >= 0.6 is 0 Å². The van der Waals surface area contributed by atoms with E-state index in [1.165, 1.54) is 13.0 Å². The monoisotopic (exact) mass is 373 g/mol. The van der Waals surface area contributed by atoms with Crippen molar-refractivity contribution >= 4 is 33.2 Å². The van der Waals surface area contributed by atoms with E-state index in [0.717, 1.165) is 11.3 Å². The molecule has 0 aliphatic carbocycles. The number of nitrogens with one attached hydrogen (secondary N) is 2. The highest BCUT2D eigenvalue weighted by atomic mass is 32.2. The molecule has 2 N–H and O–H groups in total. The highest BCUT2D eigenvalue weighted by Gasteiger charge is 2.25. The van der Waals surface area contributed by atoms with Gasteiger partial charge in [0.1, 0.15) is 0 Å². The molecular weight excluding hydrogens is 354 g/mol. The van der Waals surface area contributed by atoms with E-state index in [1.807, 2.05) is 6.07 Å². The lowest BCUT2D eigenvalue weighted by molar-refractivity contribution is -0.116. The molecule has 3 rings (SSSR count). The summed E-state index contributed by atoms with van der Waals surface area (Å²) in [5.41, 5.74) is 2.13. The summed E-state index contributed by atoms with van der Waals surface area (Å²) >= 11 is 0. The molecular formula is C18H19N3O4S. The molecule has 0 saturated carbocycles. The molecule has 1 heterocycles. The number of amides is 2. The van der Waals surface area contributed by atoms with Crippen LogP contribution in [0.25, 0.3) is 0 Å². The minimum atomic E-state index is -3.82. The number of hydrogen-bond acceptors (Lipinski definition) is 4. The smallest absolute Gasteiger partial charge is 0.241 e. The van der Waals surface area contributed by atoms with E-state index in [4.69, 9.17) is 0 Å². The molecule has 0 atom stereocenters. The van der Waals surface area contributed by atoms with Crippen LogP contribution in [0.1, 0.15) is 12.5 Å². The van der Waals surface area contributed by atoms with Gasteiger partial charge >= 0.3 is 0 Å². The summed E-state index contributed by atoms with van der Waals surface area (Å²) in [7, 11) is -3.82. The summed E-state index contributed by atoms with van der Waals surface area (Å²) in [5.74, 6) is -0.529. The quantitative estimate of drug-likeness (QED) is 0.830. The molecule has 2 aromatic rings. The van der Waals surface area contributed by atoms with Crippen molar-refractivity contribution in [3.63, 3.8) is 0 Å². The maximum Gasteiger partial charge on any atom is 0.241 e. The van der Waals surface area contributed by atoms with Gasteiger partial charge in [-0.3, -0.25) is 9.59 Å². The van der Waals surface area contributed by atoms with E-state index in [1.54, 1.807) is 41.3 Å². The normalized spacial score (nSPS) is 13.3. The van der Waals surface area contributed by atoms with Gasteiger partial charge in [0.2, 0.25) is 21.8 Å². The summed E-state index contributed by atoms with van der Waals surface area (Å²) in [6.07, 6.45) is 0.604. The second-order valence-corrected chi connectivity index (χ2v) is 7.72. The van der Waals surface area contributed by atoms with Crippen molar-refractivity contribution in [1.82, 2.24) is 4.72 Å². The molecule has 2 amide bonds. The molecule has 1 aliphatic rings. The Kier molecular flexibility index (Phi) is 5.06. The van der Waals surface area contributed by atoms with Crippen LogP contribution in [0, 0.1) is 0 Å². The average Bonchev–Trinajstić information content (AvgIpc) is 3.04. The zero-order valence-electron chi connectivity index (χ0n) is 14.2. The second kappa shape index (κ2) is 7.27. The number of carbonyl (C=O) groups excluding carboxylic acids is 2. The Hall–Kier alpha value is -2.71. The Bertz CT molecular complexity index is 942. The first-order valence-electron chi connectivity index (χ1n) is 8.12. The average molecular weight is 373 g/mol. The zero-order valence-corrected chi connectivity index (χ0v) is 15.0. The van der Waals surface area contributed by atoms with Gasteiger partial charge < -0.3 is 10.2 Å². The Morgan fingerprint density at radius 1 is 1.12 bits per heavy atom. The van der Waals surface area contributed by atoms with Gasteiger partial charge in [0, 0.05) is 24.8 Å². The van der Waals surface area contributed by atoms with Crippen LogP contribution in [-0.2, 0) is 26.0 Å². The van der Waals surface area contributed by atoms with E-state index in [2.05, 4.69) is 10.0 Å². The van der Waals surface area contributed by atoms with Crippen molar-refractivity contribution in [2.75, 3.05) is 23.3 Å². The third-order valence-corrected chi connectivity index (χ3v) is 5.52. The summed E-state index contributed by atoms with van der Waals surface area (Å²) in [5, 5.41) is 2.62. The Morgan fingerprint density at radius 3 is 2.54 bits per heavy atom. The maximum absolute atomic E-state index is 12.4. The van der Waals surface area contributed by atoms with Crippen LogP contribution in [0.3, 0.4) is 0 Å². The van der Waals surface area contributed by atoms with Gasteiger partial charge in [-0.1, -0.05) is 18.2 Å². The number of rotatable bonds is 5. The number of fused-ring (bicyclic) bond motifs is 1. The fourth-order valence-corrected chi connectivity index (χ4v) is 3.88. The minimum absolute atomic E-state index is 0.0740. The predicted molar refractivity (Wildman–Crippen MR) is 98.4 cm³/mol. The number of anilines is 2. The Morgan fingerprint density at radius 2 is 1.85 bits per heavy atom. The van der Waals surface area contributed by atoms with E-state index in [9.17, 15) is 18.0 Å². The van der Waals surface area contributed by atoms with Gasteiger partial charge in [0.05, 0.1) is 11.4 Å². The first-order valence-corrected chi connectivity index (χ1v) is 9.61. The van der Waals surface area contributed by atoms with Crippen molar-refractivity contribution in [1.29, 1.82) is 0 Å². The van der Waals surface area contributed by atoms with Crippen molar-refractivity contribution in [2.45, 2.75) is 18.2 Å². The molecule has 0 bridgehead atoms. The largest absolute Gasteiger partial charge is 0.325 e. The number of hydrogen-bond donors (Lipinski definition) is 2. The topological polar surface area (TPSA) is 95.6 Å². The molecule has 26 heavy (non-hydrogen) atoms. The molecule has 0 saturated heterocycles. The first-order chi connectivity index (χ1) is 12.4. The summed E-state index contributed by atoms with van der Waals surface area (Å²) in [6.45, 7) is 1.65. The molecule has 0 unspecified atom stereocenters. The molecule has 0 spiro atoms. The van der Waals surface area contributed by atoms with Crippen LogP contribution in [0.2, 0.25) is 0 Å². The molecule has 2 aromatic carbocycles. The van der Waals surface area contributed by atoms with Gasteiger partial charge in [-0.2, -0.15) is 0 Å². The van der Waals surface area contributed by atoms with Crippen LogP contribution in [-0.4, -0.2) is 33.3 Å². The van der Waals surface area contributed by atoms with Gasteiger partial charge in [-0.05, 0) is 42.3 Å². The lowest BCUT2D eigenvalue weighted by Crippen LogP contribution is -2.33. The highest BCUT2D eigenvalue weighted by Crippen LogP contribution is 2.30. The molecule has 1 aliphatic heterocycles. The zero-order chi connectivity index (χ0) is 18.7. The van der Waals surface area contributed by atoms with E-state index in [-0.39, 0.29) is 17.3 Å². The molecule has 0 fully saturated rings. The molecule has 136 valence electrons. The number of sulfonamides is 1. The first kappa shape index (κ1) is 18.1. The van der Waals surface area contributed by atoms with Crippen LogP contribution < -0.4 is 14.9 Å². The van der Waals surface area contributed by atoms with Gasteiger partial charge in [-0.25, -0.2) is 13.1 Å². The third-order valence-electron chi connectivity index (χ3n) is 4.12. The fourth-order valence-electron chi connectivity index (χ4n) is 2.84. The standard InChI is InChI=1S/C18H19N3O4S/c1-13(22)21-10-9-14-11-16(7-8-17(14)21)26(24,25)19-12-18(23)20-15-5-3-2-4-6-15/h2-8,11,19H,9-10,12H2,1H3,(H,20,23). The SMILES string of the molecule is CC(=O)N1CCc2cc(S(=O)(=O)NCC(=O)Nc3ccccc3)ccc21.